The second kappa shape index (κ2) is 11.1. The molecule has 2 heterocycles. The number of hydrogen-bond donors (Lipinski definition) is 0. The van der Waals surface area contributed by atoms with E-state index in [2.05, 4.69) is 15.2 Å². The molecule has 6 nitrogen and oxygen atoms in total. The molecule has 4 rings (SSSR count). The van der Waals surface area contributed by atoms with Gasteiger partial charge in [0, 0.05) is 10.7 Å². The van der Waals surface area contributed by atoms with Crippen LogP contribution in [0, 0.1) is 0 Å². The number of pyridine rings is 1. The lowest BCUT2D eigenvalue weighted by Gasteiger charge is -2.13. The monoisotopic (exact) mass is 470 g/mol. The van der Waals surface area contributed by atoms with Crippen molar-refractivity contribution in [1.29, 1.82) is 0 Å². The third-order valence-electron chi connectivity index (χ3n) is 4.40. The van der Waals surface area contributed by atoms with Crippen molar-refractivity contribution < 1.29 is 31.4 Å². The number of nitrogens with zero attached hydrogens (tertiary/aromatic N) is 4. The first-order valence-electron chi connectivity index (χ1n) is 10.2. The summed E-state index contributed by atoms with van der Waals surface area (Å²) >= 11 is 0. The van der Waals surface area contributed by atoms with Crippen molar-refractivity contribution in [3.63, 3.8) is 0 Å². The molecule has 11 heteroatoms. The summed E-state index contributed by atoms with van der Waals surface area (Å²) in [4.78, 5) is 17.2. The van der Waals surface area contributed by atoms with Crippen molar-refractivity contribution in [1.82, 2.24) is 15.2 Å². The van der Waals surface area contributed by atoms with E-state index < -0.39 is 13.2 Å². The number of carbonyl (C=O) groups is 1. The van der Waals surface area contributed by atoms with Gasteiger partial charge in [0.05, 0.1) is 6.61 Å². The third-order valence-corrected chi connectivity index (χ3v) is 4.40. The minimum atomic E-state index is -6.00. The molecule has 2 aromatic heterocycles. The fraction of sp³-hybridized carbons (Fsp3) is 0.0870. The highest BCUT2D eigenvalue weighted by Crippen LogP contribution is 2.26. The molecule has 174 valence electrons. The zero-order chi connectivity index (χ0) is 24.6. The summed E-state index contributed by atoms with van der Waals surface area (Å²) in [5.41, 5.74) is 3.91. The van der Waals surface area contributed by atoms with Gasteiger partial charge in [0.25, 0.3) is 0 Å². The highest BCUT2D eigenvalue weighted by atomic mass is 19.5. The zero-order valence-corrected chi connectivity index (χ0v) is 18.0. The molecular formula is C23H19BF4N4O2. The highest BCUT2D eigenvalue weighted by molar-refractivity contribution is 6.50. The summed E-state index contributed by atoms with van der Waals surface area (Å²) in [5, 5.41) is 8.07. The van der Waals surface area contributed by atoms with Crippen LogP contribution in [0.3, 0.4) is 0 Å². The number of ether oxygens (including phenoxy) is 1. The lowest BCUT2D eigenvalue weighted by Crippen LogP contribution is -2.43. The third kappa shape index (κ3) is 6.68. The van der Waals surface area contributed by atoms with Crippen LogP contribution in [-0.4, -0.2) is 35.0 Å². The summed E-state index contributed by atoms with van der Waals surface area (Å²) in [6.45, 7) is 2.05. The lowest BCUT2D eigenvalue weighted by atomic mass is 10.0. The standard InChI is InChI=1S/C23H19N4O2.BF4/c1-2-29-22(28)21-16-19(17-9-5-3-6-10-17)15-20(18-11-7-4-8-12-18)27(21)23-24-13-14-25-26-23;2-1(3,4)5/h3-16H,2H2,1H3;/q+1;-1. The van der Waals surface area contributed by atoms with E-state index >= 15 is 0 Å². The molecule has 0 bridgehead atoms. The smallest absolute Gasteiger partial charge is 0.460 e. The zero-order valence-electron chi connectivity index (χ0n) is 18.0. The van der Waals surface area contributed by atoms with Crippen molar-refractivity contribution in [2.45, 2.75) is 6.92 Å². The quantitative estimate of drug-likeness (QED) is 0.179. The molecule has 0 saturated carbocycles. The van der Waals surface area contributed by atoms with Gasteiger partial charge < -0.3 is 22.0 Å². The average Bonchev–Trinajstić information content (AvgIpc) is 2.84. The van der Waals surface area contributed by atoms with Crippen molar-refractivity contribution in [3.8, 4) is 28.3 Å². The molecule has 0 radical (unpaired) electrons. The molecule has 4 aromatic rings. The molecule has 2 aromatic carbocycles. The maximum Gasteiger partial charge on any atom is 0.673 e. The first-order chi connectivity index (χ1) is 16.3. The van der Waals surface area contributed by atoms with E-state index in [1.54, 1.807) is 23.8 Å². The molecule has 0 atom stereocenters. The molecule has 0 saturated heterocycles. The maximum atomic E-state index is 12.9. The van der Waals surface area contributed by atoms with Crippen LogP contribution in [0.25, 0.3) is 28.3 Å². The van der Waals surface area contributed by atoms with Gasteiger partial charge in [-0.1, -0.05) is 70.7 Å². The van der Waals surface area contributed by atoms with E-state index in [4.69, 9.17) is 4.74 Å². The Morgan fingerprint density at radius 2 is 1.47 bits per heavy atom. The van der Waals surface area contributed by atoms with Gasteiger partial charge >= 0.3 is 19.2 Å². The maximum absolute atomic E-state index is 12.9. The van der Waals surface area contributed by atoms with Gasteiger partial charge in [-0.15, -0.1) is 0 Å². The van der Waals surface area contributed by atoms with Crippen LogP contribution in [0.5, 0.6) is 0 Å². The van der Waals surface area contributed by atoms with E-state index in [1.165, 1.54) is 6.20 Å². The van der Waals surface area contributed by atoms with Crippen molar-refractivity contribution in [2.75, 3.05) is 6.61 Å². The molecule has 0 aliphatic carbocycles. The number of carbonyl (C=O) groups excluding carboxylic acids is 1. The Morgan fingerprint density at radius 3 is 2.00 bits per heavy atom. The van der Waals surface area contributed by atoms with Crippen LogP contribution in [-0.2, 0) is 4.74 Å². The number of esters is 1. The fourth-order valence-corrected chi connectivity index (χ4v) is 3.13. The number of hydrogen-bond acceptors (Lipinski definition) is 5. The van der Waals surface area contributed by atoms with E-state index in [-0.39, 0.29) is 6.61 Å². The summed E-state index contributed by atoms with van der Waals surface area (Å²) in [7, 11) is -6.00. The van der Waals surface area contributed by atoms with Crippen LogP contribution < -0.4 is 4.57 Å². The van der Waals surface area contributed by atoms with Crippen LogP contribution >= 0.6 is 0 Å². The Morgan fingerprint density at radius 1 is 0.882 bits per heavy atom. The van der Waals surface area contributed by atoms with Crippen molar-refractivity contribution in [3.05, 3.63) is 90.9 Å². The largest absolute Gasteiger partial charge is 0.673 e. The summed E-state index contributed by atoms with van der Waals surface area (Å²) in [5.74, 6) is -0.149. The molecule has 0 unspecified atom stereocenters. The predicted molar refractivity (Wildman–Crippen MR) is 118 cm³/mol. The van der Waals surface area contributed by atoms with E-state index in [9.17, 15) is 22.1 Å². The van der Waals surface area contributed by atoms with Gasteiger partial charge in [-0.2, -0.15) is 4.57 Å². The molecule has 0 spiro atoms. The minimum absolute atomic E-state index is 0.267. The van der Waals surface area contributed by atoms with Crippen LogP contribution in [0.4, 0.5) is 17.3 Å². The Bertz CT molecular complexity index is 1220. The van der Waals surface area contributed by atoms with Crippen molar-refractivity contribution in [2.24, 2.45) is 0 Å². The number of aromatic nitrogens is 4. The van der Waals surface area contributed by atoms with Crippen molar-refractivity contribution >= 4 is 13.2 Å². The van der Waals surface area contributed by atoms with Gasteiger partial charge in [-0.25, -0.2) is 4.79 Å². The SMILES string of the molecule is CCOC(=O)c1cc(-c2ccccc2)cc(-c2ccccc2)[n+]1-c1nccnn1.F[B-](F)(F)F. The van der Waals surface area contributed by atoms with Crippen LogP contribution in [0.1, 0.15) is 17.4 Å². The lowest BCUT2D eigenvalue weighted by molar-refractivity contribution is -0.595. The van der Waals surface area contributed by atoms with Crippen LogP contribution in [0.15, 0.2) is 85.2 Å². The first-order valence-corrected chi connectivity index (χ1v) is 10.2. The second-order valence-electron chi connectivity index (χ2n) is 6.74. The molecular weight excluding hydrogens is 451 g/mol. The van der Waals surface area contributed by atoms with Crippen LogP contribution in [0.2, 0.25) is 0 Å². The number of halogens is 4. The molecule has 34 heavy (non-hydrogen) atoms. The van der Waals surface area contributed by atoms with E-state index in [1.807, 2.05) is 66.7 Å². The second-order valence-corrected chi connectivity index (χ2v) is 6.74. The topological polar surface area (TPSA) is 68.8 Å². The summed E-state index contributed by atoms with van der Waals surface area (Å²) < 4.78 is 46.0. The molecule has 0 fully saturated rings. The normalized spacial score (nSPS) is 10.7. The van der Waals surface area contributed by atoms with Gasteiger partial charge in [0.1, 0.15) is 18.1 Å². The number of benzene rings is 2. The highest BCUT2D eigenvalue weighted by Gasteiger charge is 2.27. The Kier molecular flexibility index (Phi) is 8.02. The average molecular weight is 470 g/mol. The molecule has 0 amide bonds. The van der Waals surface area contributed by atoms with E-state index in [0.717, 1.165) is 22.4 Å². The summed E-state index contributed by atoms with van der Waals surface area (Å²) in [6, 6.07) is 23.5. The first kappa shape index (κ1) is 24.5. The van der Waals surface area contributed by atoms with E-state index in [0.29, 0.717) is 11.6 Å². The Balaban J connectivity index is 0.000000588. The fourth-order valence-electron chi connectivity index (χ4n) is 3.13. The molecule has 0 N–H and O–H groups in total. The molecule has 0 aliphatic heterocycles. The Hall–Kier alpha value is -4.15. The van der Waals surface area contributed by atoms with Gasteiger partial charge in [-0.05, 0) is 30.2 Å². The minimum Gasteiger partial charge on any atom is -0.460 e. The van der Waals surface area contributed by atoms with Gasteiger partial charge in [0.2, 0.25) is 0 Å². The predicted octanol–water partition coefficient (Wildman–Crippen LogP) is 4.96. The molecule has 0 aliphatic rings. The number of rotatable bonds is 5. The van der Waals surface area contributed by atoms with Gasteiger partial charge in [-0.3, -0.25) is 0 Å². The Labute approximate surface area is 193 Å². The summed E-state index contributed by atoms with van der Waals surface area (Å²) in [6.07, 6.45) is 3.04. The van der Waals surface area contributed by atoms with Gasteiger partial charge in [0.15, 0.2) is 5.69 Å².